The molecule has 4 aliphatic rings. The van der Waals surface area contributed by atoms with Crippen LogP contribution in [0.5, 0.6) is 0 Å². The van der Waals surface area contributed by atoms with Gasteiger partial charge >= 0.3 is 0 Å². The number of hydrogen-bond donors (Lipinski definition) is 0. The molecule has 6 unspecified atom stereocenters. The standard InChI is InChI=1S/C43H58Si2/c1-10-27-44(8,9)35-23-24-36(30-35)45(33-17-13-11-14-18-33,34-19-15-12-16-20-34)41-39-28-31(42(2,3)4)21-25-37(39)38-26-22-32(29-40(38)41)43(5,6)7/h10-22,25-26,28-29,35-41H,1,23-24,27,30H2,2-9H3. The van der Waals surface area contributed by atoms with Gasteiger partial charge in [-0.3, -0.25) is 0 Å². The van der Waals surface area contributed by atoms with Crippen molar-refractivity contribution in [1.29, 1.82) is 0 Å². The lowest BCUT2D eigenvalue weighted by Gasteiger charge is -2.49. The third-order valence-electron chi connectivity index (χ3n) is 12.5. The van der Waals surface area contributed by atoms with Gasteiger partial charge in [-0.25, -0.2) is 0 Å². The minimum atomic E-state index is -2.38. The van der Waals surface area contributed by atoms with E-state index < -0.39 is 16.1 Å². The average molecular weight is 631 g/mol. The zero-order valence-corrected chi connectivity index (χ0v) is 31.4. The first-order valence-corrected chi connectivity index (χ1v) is 23.3. The number of benzene rings is 2. The Labute approximate surface area is 277 Å². The third-order valence-corrected chi connectivity index (χ3v) is 22.8. The van der Waals surface area contributed by atoms with Crippen molar-refractivity contribution in [2.75, 3.05) is 0 Å². The van der Waals surface area contributed by atoms with Gasteiger partial charge in [0.25, 0.3) is 0 Å². The van der Waals surface area contributed by atoms with Crippen LogP contribution in [-0.2, 0) is 0 Å². The molecule has 0 N–H and O–H groups in total. The monoisotopic (exact) mass is 630 g/mol. The summed E-state index contributed by atoms with van der Waals surface area (Å²) >= 11 is 0. The second kappa shape index (κ2) is 12.0. The van der Waals surface area contributed by atoms with Crippen molar-refractivity contribution in [1.82, 2.24) is 0 Å². The summed E-state index contributed by atoms with van der Waals surface area (Å²) in [6.07, 6.45) is 22.3. The maximum atomic E-state index is 4.20. The summed E-state index contributed by atoms with van der Waals surface area (Å²) in [5.41, 5.74) is 5.56. The van der Waals surface area contributed by atoms with E-state index in [4.69, 9.17) is 0 Å². The van der Waals surface area contributed by atoms with Crippen LogP contribution in [0.15, 0.2) is 121 Å². The highest BCUT2D eigenvalue weighted by molar-refractivity contribution is 7.04. The Hall–Kier alpha value is -2.43. The number of rotatable bonds is 7. The predicted octanol–water partition coefficient (Wildman–Crippen LogP) is 11.0. The minimum absolute atomic E-state index is 0.143. The van der Waals surface area contributed by atoms with E-state index in [0.717, 1.165) is 11.1 Å². The van der Waals surface area contributed by atoms with Crippen LogP contribution in [0.4, 0.5) is 0 Å². The van der Waals surface area contributed by atoms with Crippen LogP contribution in [0.3, 0.4) is 0 Å². The van der Waals surface area contributed by atoms with E-state index in [1.165, 1.54) is 36.5 Å². The summed E-state index contributed by atoms with van der Waals surface area (Å²) in [5.74, 6) is 2.21. The average Bonchev–Trinajstić information content (AvgIpc) is 3.63. The first-order valence-electron chi connectivity index (χ1n) is 17.8. The molecule has 2 heteroatoms. The fourth-order valence-electron chi connectivity index (χ4n) is 10.1. The molecular weight excluding hydrogens is 573 g/mol. The molecule has 6 atom stereocenters. The molecule has 0 aliphatic heterocycles. The van der Waals surface area contributed by atoms with E-state index in [2.05, 4.69) is 164 Å². The van der Waals surface area contributed by atoms with Gasteiger partial charge in [0, 0.05) is 0 Å². The molecule has 2 aromatic carbocycles. The van der Waals surface area contributed by atoms with Crippen LogP contribution in [0.1, 0.15) is 60.8 Å². The Bertz CT molecular complexity index is 1400. The Morgan fingerprint density at radius 3 is 1.53 bits per heavy atom. The fraction of sp³-hybridized carbons (Fsp3) is 0.488. The first kappa shape index (κ1) is 32.5. The van der Waals surface area contributed by atoms with Gasteiger partial charge in [-0.2, -0.15) is 0 Å². The first-order chi connectivity index (χ1) is 21.3. The zero-order chi connectivity index (χ0) is 32.2. The van der Waals surface area contributed by atoms with Crippen molar-refractivity contribution in [2.24, 2.45) is 34.5 Å². The third kappa shape index (κ3) is 5.73. The van der Waals surface area contributed by atoms with Gasteiger partial charge < -0.3 is 0 Å². The highest BCUT2D eigenvalue weighted by Crippen LogP contribution is 2.64. The lowest BCUT2D eigenvalue weighted by Crippen LogP contribution is -2.66. The molecule has 2 aromatic rings. The highest BCUT2D eigenvalue weighted by Gasteiger charge is 2.63. The molecule has 0 saturated heterocycles. The van der Waals surface area contributed by atoms with Gasteiger partial charge in [0.15, 0.2) is 0 Å². The molecule has 0 amide bonds. The van der Waals surface area contributed by atoms with Gasteiger partial charge in [-0.05, 0) is 68.3 Å². The van der Waals surface area contributed by atoms with E-state index in [0.29, 0.717) is 29.2 Å². The van der Waals surface area contributed by atoms with Crippen molar-refractivity contribution in [3.8, 4) is 0 Å². The summed E-state index contributed by atoms with van der Waals surface area (Å²) in [5, 5.41) is 3.35. The number of fused-ring (bicyclic) bond motifs is 3. The fourth-order valence-corrected chi connectivity index (χ4v) is 20.5. The Morgan fingerprint density at radius 2 is 1.11 bits per heavy atom. The maximum absolute atomic E-state index is 4.20. The van der Waals surface area contributed by atoms with Crippen LogP contribution in [-0.4, -0.2) is 16.1 Å². The lowest BCUT2D eigenvalue weighted by atomic mass is 9.74. The predicted molar refractivity (Wildman–Crippen MR) is 203 cm³/mol. The zero-order valence-electron chi connectivity index (χ0n) is 29.4. The van der Waals surface area contributed by atoms with E-state index >= 15 is 0 Å². The van der Waals surface area contributed by atoms with Gasteiger partial charge in [0.05, 0.1) is 8.07 Å². The lowest BCUT2D eigenvalue weighted by molar-refractivity contribution is 0.433. The molecule has 6 rings (SSSR count). The Balaban J connectivity index is 1.64. The molecule has 2 fully saturated rings. The van der Waals surface area contributed by atoms with Crippen LogP contribution in [0.2, 0.25) is 35.8 Å². The van der Waals surface area contributed by atoms with Gasteiger partial charge in [-0.1, -0.05) is 187 Å². The molecule has 0 heterocycles. The molecule has 0 radical (unpaired) electrons. The quantitative estimate of drug-likeness (QED) is 0.211. The molecule has 45 heavy (non-hydrogen) atoms. The summed E-state index contributed by atoms with van der Waals surface area (Å²) in [4.78, 5) is 0. The van der Waals surface area contributed by atoms with Crippen LogP contribution in [0, 0.1) is 34.5 Å². The van der Waals surface area contributed by atoms with Crippen molar-refractivity contribution in [3.63, 3.8) is 0 Å². The summed E-state index contributed by atoms with van der Waals surface area (Å²) < 4.78 is 0. The van der Waals surface area contributed by atoms with Crippen LogP contribution < -0.4 is 10.4 Å². The smallest absolute Gasteiger partial charge is 0.103 e. The summed E-state index contributed by atoms with van der Waals surface area (Å²) in [7, 11) is -3.79. The Morgan fingerprint density at radius 1 is 0.667 bits per heavy atom. The molecule has 0 nitrogen and oxygen atoms in total. The van der Waals surface area contributed by atoms with Gasteiger partial charge in [0.1, 0.15) is 8.07 Å². The van der Waals surface area contributed by atoms with Crippen molar-refractivity contribution >= 4 is 26.5 Å². The van der Waals surface area contributed by atoms with E-state index in [-0.39, 0.29) is 10.8 Å². The van der Waals surface area contributed by atoms with Crippen LogP contribution in [0.25, 0.3) is 0 Å². The maximum Gasteiger partial charge on any atom is 0.125 e. The summed E-state index contributed by atoms with van der Waals surface area (Å²) in [6, 6.07) is 25.3. The highest BCUT2D eigenvalue weighted by atomic mass is 28.3. The van der Waals surface area contributed by atoms with E-state index in [1.54, 1.807) is 10.4 Å². The molecule has 0 aromatic heterocycles. The molecule has 0 spiro atoms. The largest absolute Gasteiger partial charge is 0.125 e. The SMILES string of the molecule is C=CC[Si](C)(C)C1CCC([Si](c2ccccc2)(c2ccccc2)C2C3C=C(C(C)(C)C)C=CC3C3C=CC(C(C)(C)C)=CC32)C1. The Kier molecular flexibility index (Phi) is 8.66. The topological polar surface area (TPSA) is 0 Å². The van der Waals surface area contributed by atoms with E-state index in [1.807, 2.05) is 0 Å². The normalized spacial score (nSPS) is 30.0. The van der Waals surface area contributed by atoms with Crippen molar-refractivity contribution in [3.05, 3.63) is 121 Å². The molecule has 238 valence electrons. The van der Waals surface area contributed by atoms with E-state index in [9.17, 15) is 0 Å². The molecule has 4 aliphatic carbocycles. The number of hydrogen-bond acceptors (Lipinski definition) is 0. The number of allylic oxidation sites excluding steroid dienone is 9. The second-order valence-electron chi connectivity index (χ2n) is 17.6. The van der Waals surface area contributed by atoms with Crippen molar-refractivity contribution < 1.29 is 0 Å². The van der Waals surface area contributed by atoms with Crippen LogP contribution >= 0.6 is 0 Å². The minimum Gasteiger partial charge on any atom is -0.103 e. The molecule has 0 bridgehead atoms. The summed E-state index contributed by atoms with van der Waals surface area (Å²) in [6.45, 7) is 23.9. The van der Waals surface area contributed by atoms with Crippen molar-refractivity contribution in [2.45, 2.75) is 96.6 Å². The van der Waals surface area contributed by atoms with Gasteiger partial charge in [0.2, 0.25) is 0 Å². The second-order valence-corrected chi connectivity index (χ2v) is 27.2. The molecular formula is C43H58Si2. The molecule has 2 saturated carbocycles. The van der Waals surface area contributed by atoms with Gasteiger partial charge in [-0.15, -0.1) is 6.58 Å².